The molecule has 1 saturated carbocycles. The number of Topliss-reactive ketones (excluding diaryl/α,β-unsaturated/α-hetero) is 1. The van der Waals surface area contributed by atoms with Gasteiger partial charge in [-0.1, -0.05) is 36.2 Å². The monoisotopic (exact) mass is 290 g/mol. The molecule has 0 N–H and O–H groups in total. The Hall–Kier alpha value is -0.380. The largest absolute Gasteiger partial charge is 0.299 e. The summed E-state index contributed by atoms with van der Waals surface area (Å²) in [4.78, 5) is 12.0. The van der Waals surface area contributed by atoms with E-state index in [2.05, 4.69) is 0 Å². The van der Waals surface area contributed by atoms with Gasteiger partial charge in [0.25, 0.3) is 0 Å². The molecule has 1 aromatic rings. The summed E-state index contributed by atoms with van der Waals surface area (Å²) in [5, 5.41) is 0.643. The minimum Gasteiger partial charge on any atom is -0.299 e. The third-order valence-electron chi connectivity index (χ3n) is 3.14. The van der Waals surface area contributed by atoms with Crippen LogP contribution in [0.1, 0.15) is 19.8 Å². The molecule has 0 radical (unpaired) electrons. The second-order valence-electron chi connectivity index (χ2n) is 4.18. The number of carbonyl (C=O) groups is 1. The molecule has 1 aromatic carbocycles. The molecule has 2 rings (SSSR count). The molecule has 0 aliphatic heterocycles. The SMILES string of the molecule is CC1C(=O)CCC1S(=O)c1c(Cl)cccc1Cl. The summed E-state index contributed by atoms with van der Waals surface area (Å²) in [6.07, 6.45) is 1.15. The molecule has 92 valence electrons. The predicted octanol–water partition coefficient (Wildman–Crippen LogP) is 3.47. The molecule has 3 unspecified atom stereocenters. The maximum atomic E-state index is 12.4. The van der Waals surface area contributed by atoms with Crippen molar-refractivity contribution in [2.75, 3.05) is 0 Å². The standard InChI is InChI=1S/C12H12Cl2O2S/c1-7-10(15)5-6-11(7)17(16)12-8(13)3-2-4-9(12)14/h2-4,7,11H,5-6H2,1H3. The number of carbonyl (C=O) groups excluding carboxylic acids is 1. The van der Waals surface area contributed by atoms with Crippen LogP contribution in [0, 0.1) is 5.92 Å². The maximum absolute atomic E-state index is 12.4. The van der Waals surface area contributed by atoms with Crippen LogP contribution >= 0.6 is 23.2 Å². The van der Waals surface area contributed by atoms with E-state index in [0.29, 0.717) is 27.8 Å². The van der Waals surface area contributed by atoms with Crippen LogP contribution in [0.2, 0.25) is 10.0 Å². The lowest BCUT2D eigenvalue weighted by atomic mass is 10.1. The van der Waals surface area contributed by atoms with Crippen molar-refractivity contribution in [2.24, 2.45) is 5.92 Å². The normalized spacial score (nSPS) is 26.2. The first kappa shape index (κ1) is 13.1. The van der Waals surface area contributed by atoms with Gasteiger partial charge in [-0.3, -0.25) is 9.00 Å². The Morgan fingerprint density at radius 1 is 1.29 bits per heavy atom. The van der Waals surface area contributed by atoms with Gasteiger partial charge in [0.1, 0.15) is 5.78 Å². The van der Waals surface area contributed by atoms with Gasteiger partial charge in [0.05, 0.1) is 25.7 Å². The van der Waals surface area contributed by atoms with E-state index in [0.717, 1.165) is 0 Å². The third-order valence-corrected chi connectivity index (χ3v) is 6.03. The van der Waals surface area contributed by atoms with Crippen molar-refractivity contribution in [3.05, 3.63) is 28.2 Å². The topological polar surface area (TPSA) is 34.1 Å². The summed E-state index contributed by atoms with van der Waals surface area (Å²) in [7, 11) is -1.32. The van der Waals surface area contributed by atoms with Crippen LogP contribution in [0.25, 0.3) is 0 Å². The Labute approximate surface area is 113 Å². The van der Waals surface area contributed by atoms with E-state index in [1.54, 1.807) is 18.2 Å². The fourth-order valence-electron chi connectivity index (χ4n) is 2.09. The number of benzene rings is 1. The van der Waals surface area contributed by atoms with Gasteiger partial charge < -0.3 is 0 Å². The van der Waals surface area contributed by atoms with Crippen LogP contribution < -0.4 is 0 Å². The van der Waals surface area contributed by atoms with Gasteiger partial charge in [0.2, 0.25) is 0 Å². The van der Waals surface area contributed by atoms with Crippen LogP contribution in [0.15, 0.2) is 23.1 Å². The molecule has 2 nitrogen and oxygen atoms in total. The highest BCUT2D eigenvalue weighted by atomic mass is 35.5. The molecule has 0 bridgehead atoms. The molecule has 0 aromatic heterocycles. The lowest BCUT2D eigenvalue weighted by Crippen LogP contribution is -2.21. The summed E-state index contributed by atoms with van der Waals surface area (Å²) < 4.78 is 12.4. The van der Waals surface area contributed by atoms with Gasteiger partial charge >= 0.3 is 0 Å². The molecule has 0 spiro atoms. The molecule has 0 heterocycles. The van der Waals surface area contributed by atoms with Crippen molar-refractivity contribution in [1.82, 2.24) is 0 Å². The van der Waals surface area contributed by atoms with Crippen molar-refractivity contribution >= 4 is 39.8 Å². The van der Waals surface area contributed by atoms with Crippen molar-refractivity contribution in [3.63, 3.8) is 0 Å². The van der Waals surface area contributed by atoms with E-state index in [1.165, 1.54) is 0 Å². The molecule has 17 heavy (non-hydrogen) atoms. The van der Waals surface area contributed by atoms with Crippen LogP contribution in [-0.4, -0.2) is 15.2 Å². The lowest BCUT2D eigenvalue weighted by Gasteiger charge is -2.15. The molecule has 3 atom stereocenters. The van der Waals surface area contributed by atoms with E-state index < -0.39 is 10.8 Å². The zero-order valence-electron chi connectivity index (χ0n) is 9.28. The molecule has 0 saturated heterocycles. The highest BCUT2D eigenvalue weighted by molar-refractivity contribution is 7.86. The second-order valence-corrected chi connectivity index (χ2v) is 6.60. The number of halogens is 2. The molecule has 1 fully saturated rings. The van der Waals surface area contributed by atoms with Gasteiger partial charge in [-0.15, -0.1) is 0 Å². The number of hydrogen-bond acceptors (Lipinski definition) is 2. The molecule has 5 heteroatoms. The van der Waals surface area contributed by atoms with E-state index in [9.17, 15) is 9.00 Å². The fraction of sp³-hybridized carbons (Fsp3) is 0.417. The van der Waals surface area contributed by atoms with Gasteiger partial charge in [-0.2, -0.15) is 0 Å². The highest BCUT2D eigenvalue weighted by Gasteiger charge is 2.36. The van der Waals surface area contributed by atoms with Crippen molar-refractivity contribution < 1.29 is 9.00 Å². The first-order chi connectivity index (χ1) is 8.02. The van der Waals surface area contributed by atoms with Crippen molar-refractivity contribution in [1.29, 1.82) is 0 Å². The molecule has 1 aliphatic carbocycles. The quantitative estimate of drug-likeness (QED) is 0.836. The molecule has 0 amide bonds. The van der Waals surface area contributed by atoms with Gasteiger partial charge in [-0.25, -0.2) is 0 Å². The van der Waals surface area contributed by atoms with E-state index >= 15 is 0 Å². The Balaban J connectivity index is 2.35. The zero-order valence-corrected chi connectivity index (χ0v) is 11.6. The van der Waals surface area contributed by atoms with E-state index in [-0.39, 0.29) is 17.0 Å². The average molecular weight is 291 g/mol. The summed E-state index contributed by atoms with van der Waals surface area (Å²) >= 11 is 12.0. The smallest absolute Gasteiger partial charge is 0.136 e. The third kappa shape index (κ3) is 2.42. The van der Waals surface area contributed by atoms with Crippen molar-refractivity contribution in [3.8, 4) is 0 Å². The van der Waals surface area contributed by atoms with Crippen molar-refractivity contribution in [2.45, 2.75) is 29.9 Å². The maximum Gasteiger partial charge on any atom is 0.136 e. The lowest BCUT2D eigenvalue weighted by molar-refractivity contribution is -0.120. The number of ketones is 1. The summed E-state index contributed by atoms with van der Waals surface area (Å²) in [5.41, 5.74) is 0. The van der Waals surface area contributed by atoms with Crippen LogP contribution in [-0.2, 0) is 15.6 Å². The average Bonchev–Trinajstić information content (AvgIpc) is 2.59. The zero-order chi connectivity index (χ0) is 12.6. The number of hydrogen-bond donors (Lipinski definition) is 0. The second kappa shape index (κ2) is 5.09. The molecule has 1 aliphatic rings. The predicted molar refractivity (Wildman–Crippen MR) is 70.1 cm³/mol. The van der Waals surface area contributed by atoms with Gasteiger partial charge in [0, 0.05) is 17.6 Å². The van der Waals surface area contributed by atoms with Crippen LogP contribution in [0.5, 0.6) is 0 Å². The van der Waals surface area contributed by atoms with E-state index in [4.69, 9.17) is 23.2 Å². The fourth-order valence-corrected chi connectivity index (χ4v) is 4.62. The van der Waals surface area contributed by atoms with Gasteiger partial charge in [-0.05, 0) is 18.6 Å². The summed E-state index contributed by atoms with van der Waals surface area (Å²) in [6, 6.07) is 5.05. The van der Waals surface area contributed by atoms with Gasteiger partial charge in [0.15, 0.2) is 0 Å². The summed E-state index contributed by atoms with van der Waals surface area (Å²) in [5.74, 6) is -0.00491. The Morgan fingerprint density at radius 2 is 1.88 bits per heavy atom. The Morgan fingerprint density at radius 3 is 2.35 bits per heavy atom. The van der Waals surface area contributed by atoms with Crippen LogP contribution in [0.4, 0.5) is 0 Å². The van der Waals surface area contributed by atoms with E-state index in [1.807, 2.05) is 6.92 Å². The molecular weight excluding hydrogens is 279 g/mol. The minimum absolute atomic E-state index is 0.167. The van der Waals surface area contributed by atoms with Crippen LogP contribution in [0.3, 0.4) is 0 Å². The Bertz CT molecular complexity index is 467. The Kier molecular flexibility index (Phi) is 3.91. The first-order valence-corrected chi connectivity index (χ1v) is 7.36. The molecular formula is C12H12Cl2O2S. The highest BCUT2D eigenvalue weighted by Crippen LogP contribution is 2.35. The first-order valence-electron chi connectivity index (χ1n) is 5.39. The number of rotatable bonds is 2. The minimum atomic E-state index is -1.32. The summed E-state index contributed by atoms with van der Waals surface area (Å²) in [6.45, 7) is 1.82.